The Bertz CT molecular complexity index is 185. The minimum atomic E-state index is 0.250. The highest BCUT2D eigenvalue weighted by molar-refractivity contribution is 4.79. The van der Waals surface area contributed by atoms with Crippen LogP contribution in [0.15, 0.2) is 0 Å². The third-order valence-electron chi connectivity index (χ3n) is 3.79. The number of hydrogen-bond acceptors (Lipinski definition) is 3. The van der Waals surface area contributed by atoms with Gasteiger partial charge in [0.1, 0.15) is 0 Å². The highest BCUT2D eigenvalue weighted by Gasteiger charge is 2.25. The van der Waals surface area contributed by atoms with E-state index in [4.69, 9.17) is 10.5 Å². The van der Waals surface area contributed by atoms with Crippen molar-refractivity contribution in [1.82, 2.24) is 4.90 Å². The van der Waals surface area contributed by atoms with E-state index in [2.05, 4.69) is 25.7 Å². The van der Waals surface area contributed by atoms with Crippen molar-refractivity contribution in [3.05, 3.63) is 0 Å². The first-order valence-corrected chi connectivity index (χ1v) is 6.76. The van der Waals surface area contributed by atoms with Crippen LogP contribution in [-0.4, -0.2) is 43.3 Å². The molecular weight excluding hydrogens is 200 g/mol. The van der Waals surface area contributed by atoms with Crippen LogP contribution < -0.4 is 5.73 Å². The van der Waals surface area contributed by atoms with Crippen molar-refractivity contribution >= 4 is 0 Å². The van der Waals surface area contributed by atoms with E-state index in [1.54, 1.807) is 0 Å². The normalized spacial score (nSPS) is 26.6. The summed E-state index contributed by atoms with van der Waals surface area (Å²) >= 11 is 0. The molecule has 1 rings (SSSR count). The Morgan fingerprint density at radius 1 is 1.38 bits per heavy atom. The Balaban J connectivity index is 2.44. The summed E-state index contributed by atoms with van der Waals surface area (Å²) in [5.74, 6) is 0.823. The van der Waals surface area contributed by atoms with Crippen LogP contribution in [0.3, 0.4) is 0 Å². The molecule has 0 aromatic rings. The van der Waals surface area contributed by atoms with Crippen molar-refractivity contribution in [1.29, 1.82) is 0 Å². The van der Waals surface area contributed by atoms with Crippen LogP contribution in [0.4, 0.5) is 0 Å². The second-order valence-electron chi connectivity index (χ2n) is 5.03. The summed E-state index contributed by atoms with van der Waals surface area (Å²) in [6.07, 6.45) is 4.08. The number of hydrogen-bond donors (Lipinski definition) is 1. The van der Waals surface area contributed by atoms with Gasteiger partial charge in [0.05, 0.1) is 12.7 Å². The fourth-order valence-corrected chi connectivity index (χ4v) is 2.42. The van der Waals surface area contributed by atoms with Gasteiger partial charge in [0, 0.05) is 25.7 Å². The molecule has 1 heterocycles. The molecule has 1 saturated heterocycles. The zero-order chi connectivity index (χ0) is 12.0. The van der Waals surface area contributed by atoms with Gasteiger partial charge in [-0.05, 0) is 18.8 Å². The number of ether oxygens (including phenoxy) is 1. The highest BCUT2D eigenvalue weighted by atomic mass is 16.5. The quantitative estimate of drug-likeness (QED) is 0.754. The maximum atomic E-state index is 5.68. The highest BCUT2D eigenvalue weighted by Crippen LogP contribution is 2.19. The van der Waals surface area contributed by atoms with Crippen LogP contribution in [0.25, 0.3) is 0 Å². The first-order valence-electron chi connectivity index (χ1n) is 6.76. The van der Waals surface area contributed by atoms with Crippen LogP contribution in [-0.2, 0) is 4.74 Å². The first kappa shape index (κ1) is 13.9. The molecule has 3 atom stereocenters. The molecule has 2 N–H and O–H groups in total. The van der Waals surface area contributed by atoms with Gasteiger partial charge in [-0.3, -0.25) is 4.90 Å². The Morgan fingerprint density at radius 3 is 2.69 bits per heavy atom. The molecule has 1 fully saturated rings. The van der Waals surface area contributed by atoms with Gasteiger partial charge in [0.15, 0.2) is 0 Å². The fraction of sp³-hybridized carbons (Fsp3) is 1.00. The third kappa shape index (κ3) is 4.04. The number of morpholine rings is 1. The van der Waals surface area contributed by atoms with Gasteiger partial charge in [0.2, 0.25) is 0 Å². The van der Waals surface area contributed by atoms with Gasteiger partial charge >= 0.3 is 0 Å². The molecule has 0 radical (unpaired) electrons. The number of nitrogens with two attached hydrogens (primary N) is 1. The van der Waals surface area contributed by atoms with E-state index < -0.39 is 0 Å². The molecule has 0 amide bonds. The fourth-order valence-electron chi connectivity index (χ4n) is 2.42. The molecule has 1 aliphatic heterocycles. The number of nitrogens with zero attached hydrogens (tertiary/aromatic N) is 1. The van der Waals surface area contributed by atoms with Crippen molar-refractivity contribution in [3.8, 4) is 0 Å². The van der Waals surface area contributed by atoms with Crippen LogP contribution >= 0.6 is 0 Å². The first-order chi connectivity index (χ1) is 7.71. The van der Waals surface area contributed by atoms with Crippen LogP contribution in [0.2, 0.25) is 0 Å². The molecule has 0 spiro atoms. The summed E-state index contributed by atoms with van der Waals surface area (Å²) in [7, 11) is 0. The van der Waals surface area contributed by atoms with Crippen molar-refractivity contribution in [2.45, 2.75) is 52.2 Å². The van der Waals surface area contributed by atoms with Gasteiger partial charge in [-0.15, -0.1) is 0 Å². The van der Waals surface area contributed by atoms with E-state index in [1.807, 2.05) is 0 Å². The SMILES string of the molecule is CCC(C)CC(CC)N1CCOC(CN)C1. The number of rotatable bonds is 6. The van der Waals surface area contributed by atoms with Crippen LogP contribution in [0.5, 0.6) is 0 Å². The van der Waals surface area contributed by atoms with Gasteiger partial charge in [-0.25, -0.2) is 0 Å². The lowest BCUT2D eigenvalue weighted by Crippen LogP contribution is -2.50. The summed E-state index contributed by atoms with van der Waals surface area (Å²) < 4.78 is 5.62. The minimum absolute atomic E-state index is 0.250. The maximum Gasteiger partial charge on any atom is 0.0824 e. The summed E-state index contributed by atoms with van der Waals surface area (Å²) in [5, 5.41) is 0. The molecular formula is C13H28N2O. The molecule has 3 unspecified atom stereocenters. The van der Waals surface area contributed by atoms with E-state index in [-0.39, 0.29) is 6.10 Å². The molecule has 0 aromatic heterocycles. The lowest BCUT2D eigenvalue weighted by Gasteiger charge is -2.38. The molecule has 0 aromatic carbocycles. The second-order valence-corrected chi connectivity index (χ2v) is 5.03. The average molecular weight is 228 g/mol. The van der Waals surface area contributed by atoms with E-state index >= 15 is 0 Å². The standard InChI is InChI=1S/C13H28N2O/c1-4-11(3)8-12(5-2)15-6-7-16-13(9-14)10-15/h11-13H,4-10,14H2,1-3H3. The van der Waals surface area contributed by atoms with E-state index in [0.29, 0.717) is 12.6 Å². The van der Waals surface area contributed by atoms with E-state index in [0.717, 1.165) is 25.6 Å². The van der Waals surface area contributed by atoms with Crippen molar-refractivity contribution in [2.75, 3.05) is 26.2 Å². The van der Waals surface area contributed by atoms with Gasteiger partial charge in [0.25, 0.3) is 0 Å². The molecule has 96 valence electrons. The third-order valence-corrected chi connectivity index (χ3v) is 3.79. The van der Waals surface area contributed by atoms with E-state index in [9.17, 15) is 0 Å². The largest absolute Gasteiger partial charge is 0.374 e. The molecule has 0 bridgehead atoms. The van der Waals surface area contributed by atoms with Gasteiger partial charge < -0.3 is 10.5 Å². The Labute approximate surface area is 100 Å². The lowest BCUT2D eigenvalue weighted by atomic mass is 9.96. The van der Waals surface area contributed by atoms with Crippen molar-refractivity contribution < 1.29 is 4.74 Å². The average Bonchev–Trinajstić information content (AvgIpc) is 2.35. The van der Waals surface area contributed by atoms with Crippen molar-refractivity contribution in [2.24, 2.45) is 11.7 Å². The molecule has 1 aliphatic rings. The Morgan fingerprint density at radius 2 is 2.12 bits per heavy atom. The monoisotopic (exact) mass is 228 g/mol. The Hall–Kier alpha value is -0.120. The molecule has 3 nitrogen and oxygen atoms in total. The van der Waals surface area contributed by atoms with Gasteiger partial charge in [-0.2, -0.15) is 0 Å². The topological polar surface area (TPSA) is 38.5 Å². The zero-order valence-corrected chi connectivity index (χ0v) is 11.1. The molecule has 3 heteroatoms. The molecule has 0 saturated carbocycles. The zero-order valence-electron chi connectivity index (χ0n) is 11.1. The van der Waals surface area contributed by atoms with Crippen LogP contribution in [0, 0.1) is 5.92 Å². The summed E-state index contributed by atoms with van der Waals surface area (Å²) in [4.78, 5) is 2.58. The molecule has 16 heavy (non-hydrogen) atoms. The minimum Gasteiger partial charge on any atom is -0.374 e. The Kier molecular flexibility index (Phi) is 6.32. The predicted octanol–water partition coefficient (Wildman–Crippen LogP) is 1.86. The van der Waals surface area contributed by atoms with Crippen molar-refractivity contribution in [3.63, 3.8) is 0 Å². The summed E-state index contributed by atoms with van der Waals surface area (Å²) in [6, 6.07) is 0.716. The lowest BCUT2D eigenvalue weighted by molar-refractivity contribution is -0.0420. The van der Waals surface area contributed by atoms with Crippen LogP contribution in [0.1, 0.15) is 40.0 Å². The summed E-state index contributed by atoms with van der Waals surface area (Å²) in [5.41, 5.74) is 5.68. The summed E-state index contributed by atoms with van der Waals surface area (Å²) in [6.45, 7) is 10.5. The molecule has 0 aliphatic carbocycles. The predicted molar refractivity (Wildman–Crippen MR) is 68.5 cm³/mol. The second kappa shape index (κ2) is 7.25. The smallest absolute Gasteiger partial charge is 0.0824 e. The van der Waals surface area contributed by atoms with E-state index in [1.165, 1.54) is 19.3 Å². The maximum absolute atomic E-state index is 5.68. The van der Waals surface area contributed by atoms with Gasteiger partial charge in [-0.1, -0.05) is 27.2 Å².